The Kier molecular flexibility index (Phi) is 5.28. The van der Waals surface area contributed by atoms with E-state index in [0.29, 0.717) is 18.7 Å². The summed E-state index contributed by atoms with van der Waals surface area (Å²) in [6.07, 6.45) is 0.476. The molecule has 1 atom stereocenters. The van der Waals surface area contributed by atoms with Crippen LogP contribution in [0.1, 0.15) is 13.3 Å². The van der Waals surface area contributed by atoms with Crippen LogP contribution < -0.4 is 5.32 Å². The zero-order chi connectivity index (χ0) is 16.3. The highest BCUT2D eigenvalue weighted by atomic mass is 35.5. The van der Waals surface area contributed by atoms with E-state index in [1.807, 2.05) is 6.92 Å². The maximum atomic E-state index is 13.1. The molecule has 2 rings (SSSR count). The van der Waals surface area contributed by atoms with E-state index in [-0.39, 0.29) is 35.0 Å². The van der Waals surface area contributed by atoms with Gasteiger partial charge in [-0.15, -0.1) is 0 Å². The molecule has 5 nitrogen and oxygen atoms in total. The lowest BCUT2D eigenvalue weighted by atomic mass is 10.2. The third-order valence-electron chi connectivity index (χ3n) is 3.67. The fraction of sp³-hybridized carbons (Fsp3) is 0.500. The number of halogens is 2. The lowest BCUT2D eigenvalue weighted by molar-refractivity contribution is -0.130. The van der Waals surface area contributed by atoms with Crippen LogP contribution in [0.2, 0.25) is 5.02 Å². The fourth-order valence-corrected chi connectivity index (χ4v) is 4.46. The number of likely N-dealkylation sites (N-methyl/N-ethyl adjacent to an activating group) is 1. The molecule has 1 aliphatic heterocycles. The van der Waals surface area contributed by atoms with Gasteiger partial charge in [0.1, 0.15) is 5.82 Å². The summed E-state index contributed by atoms with van der Waals surface area (Å²) in [5.41, 5.74) is 0.537. The summed E-state index contributed by atoms with van der Waals surface area (Å²) in [4.78, 5) is 13.8. The zero-order valence-electron chi connectivity index (χ0n) is 12.2. The van der Waals surface area contributed by atoms with Crippen molar-refractivity contribution in [2.75, 3.05) is 29.9 Å². The van der Waals surface area contributed by atoms with Gasteiger partial charge in [0.15, 0.2) is 9.84 Å². The third kappa shape index (κ3) is 4.10. The smallest absolute Gasteiger partial charge is 0.242 e. The van der Waals surface area contributed by atoms with Gasteiger partial charge in [0.25, 0.3) is 0 Å². The second-order valence-corrected chi connectivity index (χ2v) is 7.85. The van der Waals surface area contributed by atoms with Crippen molar-refractivity contribution in [3.05, 3.63) is 29.0 Å². The first-order valence-corrected chi connectivity index (χ1v) is 9.21. The molecule has 1 heterocycles. The van der Waals surface area contributed by atoms with Crippen LogP contribution in [-0.4, -0.2) is 49.9 Å². The summed E-state index contributed by atoms with van der Waals surface area (Å²) in [6, 6.07) is 3.85. The van der Waals surface area contributed by atoms with E-state index in [0.717, 1.165) is 0 Å². The van der Waals surface area contributed by atoms with E-state index >= 15 is 0 Å². The minimum Gasteiger partial charge on any atom is -0.376 e. The van der Waals surface area contributed by atoms with E-state index in [1.165, 1.54) is 18.2 Å². The lowest BCUT2D eigenvalue weighted by Crippen LogP contribution is -2.43. The standard InChI is InChI=1S/C14H18ClFN2O3S/c1-2-18(11-5-6-22(20,21)9-11)14(19)8-17-10-3-4-13(16)12(15)7-10/h3-4,7,11,17H,2,5-6,8-9H2,1H3. The van der Waals surface area contributed by atoms with Gasteiger partial charge in [0.05, 0.1) is 23.1 Å². The number of hydrogen-bond donors (Lipinski definition) is 1. The average molecular weight is 349 g/mol. The van der Waals surface area contributed by atoms with Gasteiger partial charge in [0, 0.05) is 18.3 Å². The lowest BCUT2D eigenvalue weighted by Gasteiger charge is -2.27. The van der Waals surface area contributed by atoms with Gasteiger partial charge in [-0.05, 0) is 31.5 Å². The molecule has 1 saturated heterocycles. The first-order chi connectivity index (χ1) is 10.3. The first kappa shape index (κ1) is 17.0. The van der Waals surface area contributed by atoms with E-state index in [1.54, 1.807) is 4.90 Å². The average Bonchev–Trinajstić information content (AvgIpc) is 2.81. The molecular formula is C14H18ClFN2O3S. The van der Waals surface area contributed by atoms with Crippen molar-refractivity contribution in [3.8, 4) is 0 Å². The second kappa shape index (κ2) is 6.83. The predicted octanol–water partition coefficient (Wildman–Crippen LogP) is 1.93. The largest absolute Gasteiger partial charge is 0.376 e. The number of sulfone groups is 1. The van der Waals surface area contributed by atoms with Gasteiger partial charge in [-0.3, -0.25) is 4.79 Å². The Morgan fingerprint density at radius 1 is 1.50 bits per heavy atom. The van der Waals surface area contributed by atoms with Crippen LogP contribution >= 0.6 is 11.6 Å². The first-order valence-electron chi connectivity index (χ1n) is 7.01. The molecule has 1 aromatic carbocycles. The highest BCUT2D eigenvalue weighted by Crippen LogP contribution is 2.20. The van der Waals surface area contributed by atoms with Crippen molar-refractivity contribution in [1.29, 1.82) is 0 Å². The number of anilines is 1. The summed E-state index contributed by atoms with van der Waals surface area (Å²) < 4.78 is 36.1. The van der Waals surface area contributed by atoms with Crippen molar-refractivity contribution in [2.24, 2.45) is 0 Å². The van der Waals surface area contributed by atoms with Gasteiger partial charge >= 0.3 is 0 Å². The monoisotopic (exact) mass is 348 g/mol. The maximum absolute atomic E-state index is 13.1. The van der Waals surface area contributed by atoms with Gasteiger partial charge in [-0.1, -0.05) is 11.6 Å². The van der Waals surface area contributed by atoms with Crippen LogP contribution in [0.3, 0.4) is 0 Å². The molecule has 1 aromatic rings. The molecule has 122 valence electrons. The summed E-state index contributed by atoms with van der Waals surface area (Å²) in [7, 11) is -3.03. The van der Waals surface area contributed by atoms with Gasteiger partial charge < -0.3 is 10.2 Å². The molecule has 0 bridgehead atoms. The molecule has 0 spiro atoms. The number of nitrogens with zero attached hydrogens (tertiary/aromatic N) is 1. The molecule has 8 heteroatoms. The Labute approximate surface area is 134 Å². The minimum atomic E-state index is -3.03. The Hall–Kier alpha value is -1.34. The topological polar surface area (TPSA) is 66.5 Å². The SMILES string of the molecule is CCN(C(=O)CNc1ccc(F)c(Cl)c1)C1CCS(=O)(=O)C1. The third-order valence-corrected chi connectivity index (χ3v) is 5.71. The van der Waals surface area contributed by atoms with Crippen LogP contribution in [0.4, 0.5) is 10.1 Å². The van der Waals surface area contributed by atoms with E-state index < -0.39 is 15.7 Å². The molecule has 1 amide bonds. The number of carbonyl (C=O) groups is 1. The quantitative estimate of drug-likeness (QED) is 0.883. The molecule has 1 aliphatic rings. The molecule has 0 aromatic heterocycles. The Balaban J connectivity index is 1.96. The second-order valence-electron chi connectivity index (χ2n) is 5.22. The number of nitrogens with one attached hydrogen (secondary N) is 1. The summed E-state index contributed by atoms with van der Waals surface area (Å²) in [5.74, 6) is -0.563. The fourth-order valence-electron chi connectivity index (χ4n) is 2.54. The molecule has 22 heavy (non-hydrogen) atoms. The van der Waals surface area contributed by atoms with Crippen LogP contribution in [-0.2, 0) is 14.6 Å². The van der Waals surface area contributed by atoms with Crippen molar-refractivity contribution >= 4 is 33.0 Å². The van der Waals surface area contributed by atoms with E-state index in [9.17, 15) is 17.6 Å². The normalized spacial score (nSPS) is 19.9. The van der Waals surface area contributed by atoms with Crippen molar-refractivity contribution in [3.63, 3.8) is 0 Å². The predicted molar refractivity (Wildman–Crippen MR) is 84.3 cm³/mol. The van der Waals surface area contributed by atoms with Gasteiger partial charge in [0.2, 0.25) is 5.91 Å². The van der Waals surface area contributed by atoms with Crippen LogP contribution in [0, 0.1) is 5.82 Å². The summed E-state index contributed by atoms with van der Waals surface area (Å²) in [5, 5.41) is 2.86. The molecule has 0 saturated carbocycles. The highest BCUT2D eigenvalue weighted by molar-refractivity contribution is 7.91. The minimum absolute atomic E-state index is 0.00630. The Morgan fingerprint density at radius 2 is 2.23 bits per heavy atom. The number of rotatable bonds is 5. The summed E-state index contributed by atoms with van der Waals surface area (Å²) in [6.45, 7) is 2.27. The van der Waals surface area contributed by atoms with Crippen LogP contribution in [0.25, 0.3) is 0 Å². The highest BCUT2D eigenvalue weighted by Gasteiger charge is 2.33. The van der Waals surface area contributed by atoms with E-state index in [4.69, 9.17) is 11.6 Å². The molecular weight excluding hydrogens is 331 g/mol. The van der Waals surface area contributed by atoms with Gasteiger partial charge in [-0.25, -0.2) is 12.8 Å². The van der Waals surface area contributed by atoms with Crippen molar-refractivity contribution < 1.29 is 17.6 Å². The molecule has 1 fully saturated rings. The number of hydrogen-bond acceptors (Lipinski definition) is 4. The van der Waals surface area contributed by atoms with Gasteiger partial charge in [-0.2, -0.15) is 0 Å². The maximum Gasteiger partial charge on any atom is 0.242 e. The summed E-state index contributed by atoms with van der Waals surface area (Å²) >= 11 is 5.68. The Bertz CT molecular complexity index is 666. The number of carbonyl (C=O) groups excluding carboxylic acids is 1. The van der Waals surface area contributed by atoms with Crippen LogP contribution in [0.15, 0.2) is 18.2 Å². The molecule has 0 radical (unpaired) electrons. The van der Waals surface area contributed by atoms with E-state index in [2.05, 4.69) is 5.32 Å². The molecule has 1 unspecified atom stereocenters. The molecule has 1 N–H and O–H groups in total. The Morgan fingerprint density at radius 3 is 2.77 bits per heavy atom. The van der Waals surface area contributed by atoms with Crippen molar-refractivity contribution in [2.45, 2.75) is 19.4 Å². The number of benzene rings is 1. The van der Waals surface area contributed by atoms with Crippen molar-refractivity contribution in [1.82, 2.24) is 4.90 Å². The van der Waals surface area contributed by atoms with Crippen LogP contribution in [0.5, 0.6) is 0 Å². The molecule has 0 aliphatic carbocycles. The zero-order valence-corrected chi connectivity index (χ0v) is 13.8. The number of amides is 1.